The Morgan fingerprint density at radius 2 is 1.97 bits per heavy atom. The molecule has 1 atom stereocenters. The molecule has 0 amide bonds. The highest BCUT2D eigenvalue weighted by Crippen LogP contribution is 2.29. The summed E-state index contributed by atoms with van der Waals surface area (Å²) < 4.78 is 5.58. The molecular formula is C23H29N5O. The molecule has 6 heteroatoms. The fraction of sp³-hybridized carbons (Fsp3) is 0.435. The van der Waals surface area contributed by atoms with E-state index in [2.05, 4.69) is 46.8 Å². The Balaban J connectivity index is 1.65. The minimum absolute atomic E-state index is 0.500. The van der Waals surface area contributed by atoms with Crippen LogP contribution in [0.3, 0.4) is 0 Å². The summed E-state index contributed by atoms with van der Waals surface area (Å²) in [7, 11) is 0. The Bertz CT molecular complexity index is 933. The molecule has 4 rings (SSSR count). The summed E-state index contributed by atoms with van der Waals surface area (Å²) in [4.78, 5) is 19.0. The third kappa shape index (κ3) is 4.38. The van der Waals surface area contributed by atoms with Gasteiger partial charge in [0.25, 0.3) is 0 Å². The van der Waals surface area contributed by atoms with Gasteiger partial charge in [0.05, 0.1) is 12.1 Å². The first-order valence-electron chi connectivity index (χ1n) is 10.5. The molecule has 0 aliphatic carbocycles. The number of anilines is 1. The maximum atomic E-state index is 5.58. The highest BCUT2D eigenvalue weighted by molar-refractivity contribution is 5.91. The van der Waals surface area contributed by atoms with Crippen LogP contribution in [0.1, 0.15) is 20.3 Å². The van der Waals surface area contributed by atoms with Gasteiger partial charge in [0, 0.05) is 62.2 Å². The Morgan fingerprint density at radius 3 is 2.76 bits per heavy atom. The van der Waals surface area contributed by atoms with Gasteiger partial charge in [0.15, 0.2) is 5.82 Å². The smallest absolute Gasteiger partial charge is 0.163 e. The van der Waals surface area contributed by atoms with E-state index in [9.17, 15) is 0 Å². The number of hydrogen-bond donors (Lipinski definition) is 0. The van der Waals surface area contributed by atoms with Crippen LogP contribution in [0.25, 0.3) is 22.3 Å². The number of piperazine rings is 1. The molecule has 0 spiro atoms. The van der Waals surface area contributed by atoms with Gasteiger partial charge in [-0.1, -0.05) is 19.1 Å². The standard InChI is InChI=1S/C23H29N5O/c1-3-19-17-28(13-12-27(19)14-15-29-4-2)23-20-9-5-6-10-21(20)25-22(26-23)18-8-7-11-24-16-18/h5-11,16,19H,3-4,12-15,17H2,1-2H3. The molecule has 0 radical (unpaired) electrons. The molecule has 0 N–H and O–H groups in total. The summed E-state index contributed by atoms with van der Waals surface area (Å²) in [5.41, 5.74) is 1.92. The molecule has 29 heavy (non-hydrogen) atoms. The van der Waals surface area contributed by atoms with Crippen molar-refractivity contribution in [2.45, 2.75) is 26.3 Å². The Hall–Kier alpha value is -2.57. The molecular weight excluding hydrogens is 362 g/mol. The van der Waals surface area contributed by atoms with Crippen LogP contribution in [-0.4, -0.2) is 65.3 Å². The highest BCUT2D eigenvalue weighted by atomic mass is 16.5. The number of para-hydroxylation sites is 1. The molecule has 3 aromatic rings. The van der Waals surface area contributed by atoms with Crippen molar-refractivity contribution in [1.82, 2.24) is 19.9 Å². The van der Waals surface area contributed by atoms with Crippen LogP contribution in [0, 0.1) is 0 Å². The van der Waals surface area contributed by atoms with Gasteiger partial charge in [-0.25, -0.2) is 9.97 Å². The van der Waals surface area contributed by atoms with E-state index in [1.54, 1.807) is 6.20 Å². The van der Waals surface area contributed by atoms with Crippen molar-refractivity contribution >= 4 is 16.7 Å². The normalized spacial score (nSPS) is 17.7. The first kappa shape index (κ1) is 19.7. The summed E-state index contributed by atoms with van der Waals surface area (Å²) in [6.07, 6.45) is 4.72. The van der Waals surface area contributed by atoms with Crippen molar-refractivity contribution in [2.75, 3.05) is 44.3 Å². The minimum Gasteiger partial charge on any atom is -0.380 e. The summed E-state index contributed by atoms with van der Waals surface area (Å²) >= 11 is 0. The molecule has 1 fully saturated rings. The van der Waals surface area contributed by atoms with Crippen LogP contribution in [0.5, 0.6) is 0 Å². The lowest BCUT2D eigenvalue weighted by Crippen LogP contribution is -2.54. The van der Waals surface area contributed by atoms with E-state index in [1.165, 1.54) is 0 Å². The van der Waals surface area contributed by atoms with E-state index in [-0.39, 0.29) is 0 Å². The second kappa shape index (κ2) is 9.29. The fourth-order valence-electron chi connectivity index (χ4n) is 4.02. The van der Waals surface area contributed by atoms with Crippen LogP contribution in [-0.2, 0) is 4.74 Å². The molecule has 6 nitrogen and oxygen atoms in total. The van der Waals surface area contributed by atoms with Gasteiger partial charge < -0.3 is 9.64 Å². The zero-order valence-electron chi connectivity index (χ0n) is 17.3. The summed E-state index contributed by atoms with van der Waals surface area (Å²) in [5, 5.41) is 1.11. The topological polar surface area (TPSA) is 54.4 Å². The largest absolute Gasteiger partial charge is 0.380 e. The molecule has 3 heterocycles. The van der Waals surface area contributed by atoms with Gasteiger partial charge in [-0.3, -0.25) is 9.88 Å². The van der Waals surface area contributed by atoms with E-state index in [0.29, 0.717) is 6.04 Å². The molecule has 1 aliphatic heterocycles. The third-order valence-corrected chi connectivity index (χ3v) is 5.61. The molecule has 152 valence electrons. The van der Waals surface area contributed by atoms with Gasteiger partial charge in [-0.05, 0) is 37.6 Å². The Labute approximate surface area is 172 Å². The molecule has 1 aromatic carbocycles. The molecule has 1 saturated heterocycles. The number of fused-ring (bicyclic) bond motifs is 1. The Kier molecular flexibility index (Phi) is 6.32. The lowest BCUT2D eigenvalue weighted by Gasteiger charge is -2.42. The predicted molar refractivity (Wildman–Crippen MR) is 117 cm³/mol. The quantitative estimate of drug-likeness (QED) is 0.573. The second-order valence-electron chi connectivity index (χ2n) is 7.37. The van der Waals surface area contributed by atoms with Crippen molar-refractivity contribution in [3.8, 4) is 11.4 Å². The van der Waals surface area contributed by atoms with Crippen LogP contribution in [0.15, 0.2) is 48.8 Å². The zero-order valence-corrected chi connectivity index (χ0v) is 17.3. The SMILES string of the molecule is CCOCCN1CCN(c2nc(-c3cccnc3)nc3ccccc23)CC1CC. The zero-order chi connectivity index (χ0) is 20.1. The van der Waals surface area contributed by atoms with E-state index in [4.69, 9.17) is 14.7 Å². The van der Waals surface area contributed by atoms with E-state index >= 15 is 0 Å². The van der Waals surface area contributed by atoms with Crippen molar-refractivity contribution in [3.05, 3.63) is 48.8 Å². The molecule has 0 bridgehead atoms. The van der Waals surface area contributed by atoms with E-state index in [1.807, 2.05) is 24.4 Å². The monoisotopic (exact) mass is 391 g/mol. The van der Waals surface area contributed by atoms with Crippen LogP contribution in [0.4, 0.5) is 5.82 Å². The number of aromatic nitrogens is 3. The highest BCUT2D eigenvalue weighted by Gasteiger charge is 2.27. The fourth-order valence-corrected chi connectivity index (χ4v) is 4.02. The maximum Gasteiger partial charge on any atom is 0.163 e. The van der Waals surface area contributed by atoms with Crippen LogP contribution >= 0.6 is 0 Å². The summed E-state index contributed by atoms with van der Waals surface area (Å²) in [6.45, 7) is 9.83. The Morgan fingerprint density at radius 1 is 1.07 bits per heavy atom. The number of hydrogen-bond acceptors (Lipinski definition) is 6. The molecule has 2 aromatic heterocycles. The van der Waals surface area contributed by atoms with Crippen molar-refractivity contribution < 1.29 is 4.74 Å². The number of rotatable bonds is 7. The maximum absolute atomic E-state index is 5.58. The number of pyridine rings is 1. The van der Waals surface area contributed by atoms with Gasteiger partial charge in [-0.2, -0.15) is 0 Å². The summed E-state index contributed by atoms with van der Waals surface area (Å²) in [5.74, 6) is 1.76. The molecule has 0 saturated carbocycles. The third-order valence-electron chi connectivity index (χ3n) is 5.61. The number of benzene rings is 1. The predicted octanol–water partition coefficient (Wildman–Crippen LogP) is 3.63. The lowest BCUT2D eigenvalue weighted by molar-refractivity contribution is 0.0869. The molecule has 1 unspecified atom stereocenters. The first-order chi connectivity index (χ1) is 14.3. The first-order valence-corrected chi connectivity index (χ1v) is 10.5. The van der Waals surface area contributed by atoms with Gasteiger partial charge in [-0.15, -0.1) is 0 Å². The van der Waals surface area contributed by atoms with Crippen molar-refractivity contribution in [2.24, 2.45) is 0 Å². The molecule has 1 aliphatic rings. The summed E-state index contributed by atoms with van der Waals surface area (Å²) in [6, 6.07) is 12.7. The van der Waals surface area contributed by atoms with E-state index < -0.39 is 0 Å². The van der Waals surface area contributed by atoms with E-state index in [0.717, 1.165) is 73.9 Å². The van der Waals surface area contributed by atoms with Crippen LogP contribution in [0.2, 0.25) is 0 Å². The lowest BCUT2D eigenvalue weighted by atomic mass is 10.1. The number of nitrogens with zero attached hydrogens (tertiary/aromatic N) is 5. The van der Waals surface area contributed by atoms with Gasteiger partial charge in [0.2, 0.25) is 0 Å². The average Bonchev–Trinajstić information content (AvgIpc) is 2.79. The number of ether oxygens (including phenoxy) is 1. The second-order valence-corrected chi connectivity index (χ2v) is 7.37. The van der Waals surface area contributed by atoms with Crippen LogP contribution < -0.4 is 4.90 Å². The van der Waals surface area contributed by atoms with Crippen molar-refractivity contribution in [3.63, 3.8) is 0 Å². The minimum atomic E-state index is 0.500. The van der Waals surface area contributed by atoms with Gasteiger partial charge in [0.1, 0.15) is 5.82 Å². The van der Waals surface area contributed by atoms with Crippen molar-refractivity contribution in [1.29, 1.82) is 0 Å². The van der Waals surface area contributed by atoms with Gasteiger partial charge >= 0.3 is 0 Å². The average molecular weight is 392 g/mol.